The van der Waals surface area contributed by atoms with Crippen LogP contribution in [0.4, 0.5) is 5.82 Å². The molecule has 0 saturated carbocycles. The smallest absolute Gasteiger partial charge is 0.129 e. The van der Waals surface area contributed by atoms with Gasteiger partial charge in [-0.2, -0.15) is 0 Å². The normalized spacial score (nSPS) is 12.4. The average Bonchev–Trinajstić information content (AvgIpc) is 2.47. The van der Waals surface area contributed by atoms with E-state index < -0.39 is 0 Å². The van der Waals surface area contributed by atoms with Crippen LogP contribution in [0.15, 0.2) is 12.1 Å². The molecule has 1 aromatic rings. The van der Waals surface area contributed by atoms with Crippen LogP contribution in [0.25, 0.3) is 0 Å². The van der Waals surface area contributed by atoms with Gasteiger partial charge in [0, 0.05) is 18.3 Å². The number of hydrogen-bond acceptors (Lipinski definition) is 3. The van der Waals surface area contributed by atoms with E-state index in [2.05, 4.69) is 32.6 Å². The van der Waals surface area contributed by atoms with Crippen LogP contribution in [0.3, 0.4) is 0 Å². The number of rotatable bonds is 9. The van der Waals surface area contributed by atoms with Gasteiger partial charge in [0.15, 0.2) is 0 Å². The lowest BCUT2D eigenvalue weighted by Gasteiger charge is -2.30. The van der Waals surface area contributed by atoms with Crippen LogP contribution in [0.5, 0.6) is 0 Å². The van der Waals surface area contributed by atoms with Crippen LogP contribution in [0, 0.1) is 0 Å². The van der Waals surface area contributed by atoms with E-state index in [0.717, 1.165) is 42.9 Å². The van der Waals surface area contributed by atoms with Gasteiger partial charge in [0.2, 0.25) is 0 Å². The van der Waals surface area contributed by atoms with Gasteiger partial charge in [0.05, 0.1) is 6.61 Å². The summed E-state index contributed by atoms with van der Waals surface area (Å²) >= 11 is 0. The first-order valence-corrected chi connectivity index (χ1v) is 8.03. The lowest BCUT2D eigenvalue weighted by atomic mass is 10.1. The number of pyridine rings is 1. The standard InChI is InChI=1S/C17H30N2O/c1-5-8-10-19(14(4)7-3)17-12-15(13-20)11-16(18-17)9-6-2/h11-12,14,20H,5-10,13H2,1-4H3. The molecule has 1 N–H and O–H groups in total. The highest BCUT2D eigenvalue weighted by atomic mass is 16.3. The fraction of sp³-hybridized carbons (Fsp3) is 0.706. The summed E-state index contributed by atoms with van der Waals surface area (Å²) in [5.41, 5.74) is 2.07. The van der Waals surface area contributed by atoms with Crippen LogP contribution in [0.2, 0.25) is 0 Å². The fourth-order valence-corrected chi connectivity index (χ4v) is 2.37. The molecule has 0 bridgehead atoms. The molecule has 114 valence electrons. The highest BCUT2D eigenvalue weighted by Gasteiger charge is 2.15. The average molecular weight is 278 g/mol. The van der Waals surface area contributed by atoms with E-state index in [-0.39, 0.29) is 6.61 Å². The second kappa shape index (κ2) is 8.96. The Morgan fingerprint density at radius 2 is 1.95 bits per heavy atom. The number of unbranched alkanes of at least 4 members (excludes halogenated alkanes) is 1. The van der Waals surface area contributed by atoms with Crippen LogP contribution < -0.4 is 4.90 Å². The Balaban J connectivity index is 3.06. The van der Waals surface area contributed by atoms with E-state index in [1.165, 1.54) is 12.8 Å². The summed E-state index contributed by atoms with van der Waals surface area (Å²) in [4.78, 5) is 7.20. The lowest BCUT2D eigenvalue weighted by Crippen LogP contribution is -2.34. The highest BCUT2D eigenvalue weighted by molar-refractivity contribution is 5.43. The third-order valence-corrected chi connectivity index (χ3v) is 3.78. The number of nitrogens with zero attached hydrogens (tertiary/aromatic N) is 2. The van der Waals surface area contributed by atoms with Crippen molar-refractivity contribution in [3.63, 3.8) is 0 Å². The molecule has 0 aliphatic heterocycles. The lowest BCUT2D eigenvalue weighted by molar-refractivity contribution is 0.281. The monoisotopic (exact) mass is 278 g/mol. The summed E-state index contributed by atoms with van der Waals surface area (Å²) in [5.74, 6) is 1.03. The van der Waals surface area contributed by atoms with Crippen molar-refractivity contribution in [1.82, 2.24) is 4.98 Å². The first-order chi connectivity index (χ1) is 9.65. The summed E-state index contributed by atoms with van der Waals surface area (Å²) in [5, 5.41) is 9.46. The predicted octanol–water partition coefficient (Wildman–Crippen LogP) is 3.93. The van der Waals surface area contributed by atoms with Crippen molar-refractivity contribution >= 4 is 5.82 Å². The van der Waals surface area contributed by atoms with Gasteiger partial charge in [-0.15, -0.1) is 0 Å². The largest absolute Gasteiger partial charge is 0.392 e. The van der Waals surface area contributed by atoms with E-state index in [1.54, 1.807) is 0 Å². The molecule has 0 saturated heterocycles. The molecule has 0 amide bonds. The van der Waals surface area contributed by atoms with Crippen molar-refractivity contribution < 1.29 is 5.11 Å². The zero-order valence-electron chi connectivity index (χ0n) is 13.5. The summed E-state index contributed by atoms with van der Waals surface area (Å²) in [6.07, 6.45) is 5.54. The van der Waals surface area contributed by atoms with Gasteiger partial charge in [0.25, 0.3) is 0 Å². The minimum atomic E-state index is 0.0916. The summed E-state index contributed by atoms with van der Waals surface area (Å²) in [6.45, 7) is 9.98. The topological polar surface area (TPSA) is 36.4 Å². The highest BCUT2D eigenvalue weighted by Crippen LogP contribution is 2.20. The molecule has 20 heavy (non-hydrogen) atoms. The Morgan fingerprint density at radius 3 is 2.50 bits per heavy atom. The Bertz CT molecular complexity index is 393. The van der Waals surface area contributed by atoms with Crippen LogP contribution in [-0.2, 0) is 13.0 Å². The van der Waals surface area contributed by atoms with E-state index in [4.69, 9.17) is 4.98 Å². The number of aliphatic hydroxyl groups excluding tert-OH is 1. The number of aliphatic hydroxyl groups is 1. The predicted molar refractivity (Wildman–Crippen MR) is 86.2 cm³/mol. The van der Waals surface area contributed by atoms with Crippen molar-refractivity contribution in [2.24, 2.45) is 0 Å². The Kier molecular flexibility index (Phi) is 7.60. The summed E-state index contributed by atoms with van der Waals surface area (Å²) < 4.78 is 0. The van der Waals surface area contributed by atoms with Gasteiger partial charge in [-0.3, -0.25) is 0 Å². The Hall–Kier alpha value is -1.09. The minimum absolute atomic E-state index is 0.0916. The zero-order chi connectivity index (χ0) is 15.0. The molecule has 3 heteroatoms. The molecule has 1 aromatic heterocycles. The van der Waals surface area contributed by atoms with Gasteiger partial charge in [0.1, 0.15) is 5.82 Å². The van der Waals surface area contributed by atoms with Gasteiger partial charge in [-0.25, -0.2) is 4.98 Å². The molecular formula is C17H30N2O. The second-order valence-corrected chi connectivity index (χ2v) is 5.54. The van der Waals surface area contributed by atoms with Gasteiger partial charge in [-0.05, 0) is 43.9 Å². The molecule has 1 atom stereocenters. The molecule has 0 spiro atoms. The third kappa shape index (κ3) is 4.78. The summed E-state index contributed by atoms with van der Waals surface area (Å²) in [7, 11) is 0. The fourth-order valence-electron chi connectivity index (χ4n) is 2.37. The van der Waals surface area contributed by atoms with Gasteiger partial charge >= 0.3 is 0 Å². The summed E-state index contributed by atoms with van der Waals surface area (Å²) in [6, 6.07) is 4.56. The van der Waals surface area contributed by atoms with E-state index in [9.17, 15) is 5.11 Å². The van der Waals surface area contributed by atoms with E-state index >= 15 is 0 Å². The van der Waals surface area contributed by atoms with Crippen molar-refractivity contribution in [1.29, 1.82) is 0 Å². The molecule has 0 fully saturated rings. The third-order valence-electron chi connectivity index (χ3n) is 3.78. The molecule has 0 aliphatic rings. The zero-order valence-corrected chi connectivity index (χ0v) is 13.5. The Morgan fingerprint density at radius 1 is 1.20 bits per heavy atom. The Labute approximate surface area is 124 Å². The molecule has 1 heterocycles. The molecule has 1 rings (SSSR count). The number of aryl methyl sites for hydroxylation is 1. The first-order valence-electron chi connectivity index (χ1n) is 8.03. The second-order valence-electron chi connectivity index (χ2n) is 5.54. The maximum atomic E-state index is 9.46. The number of anilines is 1. The van der Waals surface area contributed by atoms with Crippen molar-refractivity contribution in [2.75, 3.05) is 11.4 Å². The number of aromatic nitrogens is 1. The van der Waals surface area contributed by atoms with Crippen molar-refractivity contribution in [3.8, 4) is 0 Å². The quantitative estimate of drug-likeness (QED) is 0.743. The van der Waals surface area contributed by atoms with Crippen molar-refractivity contribution in [3.05, 3.63) is 23.4 Å². The van der Waals surface area contributed by atoms with Crippen LogP contribution in [-0.4, -0.2) is 22.7 Å². The molecule has 0 aromatic carbocycles. The van der Waals surface area contributed by atoms with Crippen LogP contribution in [0.1, 0.15) is 64.6 Å². The van der Waals surface area contributed by atoms with Gasteiger partial charge < -0.3 is 10.0 Å². The molecule has 3 nitrogen and oxygen atoms in total. The van der Waals surface area contributed by atoms with E-state index in [1.807, 2.05) is 12.1 Å². The molecule has 0 radical (unpaired) electrons. The van der Waals surface area contributed by atoms with Gasteiger partial charge in [-0.1, -0.05) is 33.6 Å². The van der Waals surface area contributed by atoms with Crippen LogP contribution >= 0.6 is 0 Å². The first kappa shape index (κ1) is 17.0. The number of hydrogen-bond donors (Lipinski definition) is 1. The van der Waals surface area contributed by atoms with E-state index in [0.29, 0.717) is 6.04 Å². The molecule has 0 aliphatic carbocycles. The minimum Gasteiger partial charge on any atom is -0.392 e. The maximum absolute atomic E-state index is 9.46. The molecular weight excluding hydrogens is 248 g/mol. The SMILES string of the molecule is CCCCN(c1cc(CO)cc(CCC)n1)C(C)CC. The molecule has 1 unspecified atom stereocenters. The van der Waals surface area contributed by atoms with Crippen molar-refractivity contribution in [2.45, 2.75) is 72.4 Å². The maximum Gasteiger partial charge on any atom is 0.129 e.